The van der Waals surface area contributed by atoms with Gasteiger partial charge >= 0.3 is 0 Å². The first-order valence-electron chi connectivity index (χ1n) is 9.47. The summed E-state index contributed by atoms with van der Waals surface area (Å²) in [6.07, 6.45) is 0.930. The van der Waals surface area contributed by atoms with E-state index in [0.717, 1.165) is 18.4 Å². The molecule has 0 aliphatic carbocycles. The molecule has 1 aliphatic heterocycles. The van der Waals surface area contributed by atoms with Gasteiger partial charge in [-0.15, -0.1) is 0 Å². The van der Waals surface area contributed by atoms with E-state index in [9.17, 15) is 14.7 Å². The topological polar surface area (TPSA) is 101 Å². The molecule has 1 atom stereocenters. The summed E-state index contributed by atoms with van der Waals surface area (Å²) in [5.41, 5.74) is 1.42. The number of pyridine rings is 1. The predicted octanol–water partition coefficient (Wildman–Crippen LogP) is 2.08. The Balaban J connectivity index is 1.73. The summed E-state index contributed by atoms with van der Waals surface area (Å²) in [6.45, 7) is 0.342. The maximum absolute atomic E-state index is 12.4. The largest absolute Gasteiger partial charge is 0.497 e. The summed E-state index contributed by atoms with van der Waals surface area (Å²) >= 11 is 0. The van der Waals surface area contributed by atoms with E-state index in [4.69, 9.17) is 9.47 Å². The van der Waals surface area contributed by atoms with Gasteiger partial charge in [0.25, 0.3) is 5.91 Å². The van der Waals surface area contributed by atoms with Crippen molar-refractivity contribution in [3.05, 3.63) is 36.4 Å². The van der Waals surface area contributed by atoms with Crippen molar-refractivity contribution >= 4 is 17.6 Å². The highest BCUT2D eigenvalue weighted by Gasteiger charge is 2.26. The normalized spacial score (nSPS) is 16.9. The monoisotopic (exact) mass is 399 g/mol. The van der Waals surface area contributed by atoms with E-state index in [-0.39, 0.29) is 12.5 Å². The second kappa shape index (κ2) is 9.38. The summed E-state index contributed by atoms with van der Waals surface area (Å²) in [7, 11) is 3.15. The second-order valence-electron chi connectivity index (χ2n) is 6.83. The number of carbonyl (C=O) groups is 2. The van der Waals surface area contributed by atoms with Crippen molar-refractivity contribution in [2.45, 2.75) is 25.4 Å². The lowest BCUT2D eigenvalue weighted by Crippen LogP contribution is -2.42. The van der Waals surface area contributed by atoms with Gasteiger partial charge in [0.2, 0.25) is 5.91 Å². The number of hydrogen-bond acceptors (Lipinski definition) is 6. The quantitative estimate of drug-likeness (QED) is 0.771. The molecule has 1 saturated heterocycles. The number of hydrogen-bond donors (Lipinski definition) is 2. The molecule has 1 unspecified atom stereocenters. The molecule has 0 spiro atoms. The van der Waals surface area contributed by atoms with Crippen LogP contribution in [-0.2, 0) is 9.59 Å². The van der Waals surface area contributed by atoms with Crippen LogP contribution in [0.15, 0.2) is 36.4 Å². The number of carbonyl (C=O) groups excluding carboxylic acids is 2. The van der Waals surface area contributed by atoms with Gasteiger partial charge in [-0.2, -0.15) is 0 Å². The zero-order valence-electron chi connectivity index (χ0n) is 16.6. The number of benzene rings is 1. The molecule has 0 radical (unpaired) electrons. The van der Waals surface area contributed by atoms with Gasteiger partial charge in [0.1, 0.15) is 23.4 Å². The SMILES string of the molecule is COc1cc(OC)cc(-c2cccc(NC(=O)CN3CCCCC(O)C3=O)n2)c1. The third-order valence-corrected chi connectivity index (χ3v) is 4.75. The van der Waals surface area contributed by atoms with Crippen molar-refractivity contribution < 1.29 is 24.2 Å². The molecular weight excluding hydrogens is 374 g/mol. The van der Waals surface area contributed by atoms with E-state index in [1.807, 2.05) is 18.2 Å². The fourth-order valence-electron chi connectivity index (χ4n) is 3.22. The lowest BCUT2D eigenvalue weighted by atomic mass is 10.1. The minimum absolute atomic E-state index is 0.116. The standard InChI is InChI=1S/C21H25N3O5/c1-28-15-10-14(11-16(12-15)29-2)17-6-5-8-19(22-17)23-20(26)13-24-9-4-3-7-18(25)21(24)27/h5-6,8,10-12,18,25H,3-4,7,9,13H2,1-2H3,(H,22,23,26). The number of aromatic nitrogens is 1. The van der Waals surface area contributed by atoms with E-state index >= 15 is 0 Å². The van der Waals surface area contributed by atoms with Crippen LogP contribution in [0, 0.1) is 0 Å². The van der Waals surface area contributed by atoms with Crippen molar-refractivity contribution in [2.75, 3.05) is 32.6 Å². The van der Waals surface area contributed by atoms with Gasteiger partial charge in [0.15, 0.2) is 0 Å². The third kappa shape index (κ3) is 5.23. The van der Waals surface area contributed by atoms with Gasteiger partial charge < -0.3 is 24.8 Å². The van der Waals surface area contributed by atoms with Crippen molar-refractivity contribution in [2.24, 2.45) is 0 Å². The van der Waals surface area contributed by atoms with Gasteiger partial charge in [-0.1, -0.05) is 6.07 Å². The second-order valence-corrected chi connectivity index (χ2v) is 6.83. The molecule has 2 heterocycles. The maximum Gasteiger partial charge on any atom is 0.251 e. The zero-order valence-corrected chi connectivity index (χ0v) is 16.6. The van der Waals surface area contributed by atoms with Gasteiger partial charge in [-0.25, -0.2) is 4.98 Å². The molecule has 1 fully saturated rings. The molecule has 2 amide bonds. The molecule has 3 rings (SSSR count). The Labute approximate surface area is 169 Å². The number of aliphatic hydroxyl groups excluding tert-OH is 1. The van der Waals surface area contributed by atoms with Crippen LogP contribution >= 0.6 is 0 Å². The molecule has 1 aromatic heterocycles. The Hall–Kier alpha value is -3.13. The van der Waals surface area contributed by atoms with Crippen LogP contribution in [0.1, 0.15) is 19.3 Å². The fraction of sp³-hybridized carbons (Fsp3) is 0.381. The molecule has 1 aliphatic rings. The van der Waals surface area contributed by atoms with Crippen LogP contribution < -0.4 is 14.8 Å². The Bertz CT molecular complexity index is 864. The Morgan fingerprint density at radius 2 is 1.93 bits per heavy atom. The fourth-order valence-corrected chi connectivity index (χ4v) is 3.22. The number of amides is 2. The first-order chi connectivity index (χ1) is 14.0. The Morgan fingerprint density at radius 1 is 1.21 bits per heavy atom. The van der Waals surface area contributed by atoms with E-state index in [1.54, 1.807) is 32.4 Å². The van der Waals surface area contributed by atoms with Gasteiger partial charge in [-0.3, -0.25) is 9.59 Å². The molecule has 29 heavy (non-hydrogen) atoms. The molecular formula is C21H25N3O5. The van der Waals surface area contributed by atoms with E-state index in [0.29, 0.717) is 36.0 Å². The predicted molar refractivity (Wildman–Crippen MR) is 108 cm³/mol. The van der Waals surface area contributed by atoms with Crippen LogP contribution in [0.3, 0.4) is 0 Å². The molecule has 0 saturated carbocycles. The number of methoxy groups -OCH3 is 2. The highest BCUT2D eigenvalue weighted by atomic mass is 16.5. The first-order valence-corrected chi connectivity index (χ1v) is 9.47. The maximum atomic E-state index is 12.4. The molecule has 154 valence electrons. The van der Waals surface area contributed by atoms with E-state index in [1.165, 1.54) is 4.90 Å². The van der Waals surface area contributed by atoms with Crippen LogP contribution in [0.5, 0.6) is 11.5 Å². The molecule has 2 aromatic rings. The number of likely N-dealkylation sites (tertiary alicyclic amines) is 1. The minimum atomic E-state index is -1.03. The summed E-state index contributed by atoms with van der Waals surface area (Å²) in [5, 5.41) is 12.5. The number of rotatable bonds is 6. The Morgan fingerprint density at radius 3 is 2.62 bits per heavy atom. The number of ether oxygens (including phenoxy) is 2. The number of anilines is 1. The average molecular weight is 399 g/mol. The number of nitrogens with one attached hydrogen (secondary N) is 1. The number of nitrogens with zero attached hydrogens (tertiary/aromatic N) is 2. The van der Waals surface area contributed by atoms with Crippen LogP contribution in [0.4, 0.5) is 5.82 Å². The highest BCUT2D eigenvalue weighted by Crippen LogP contribution is 2.29. The first kappa shape index (κ1) is 20.6. The highest BCUT2D eigenvalue weighted by molar-refractivity contribution is 5.94. The minimum Gasteiger partial charge on any atom is -0.497 e. The summed E-state index contributed by atoms with van der Waals surface area (Å²) in [5.74, 6) is 0.878. The summed E-state index contributed by atoms with van der Waals surface area (Å²) in [4.78, 5) is 30.5. The Kier molecular flexibility index (Phi) is 6.66. The number of aliphatic hydroxyl groups is 1. The average Bonchev–Trinajstić information content (AvgIpc) is 2.89. The smallest absolute Gasteiger partial charge is 0.251 e. The lowest BCUT2D eigenvalue weighted by Gasteiger charge is -2.21. The van der Waals surface area contributed by atoms with Gasteiger partial charge in [-0.05, 0) is 43.5 Å². The van der Waals surface area contributed by atoms with Crippen molar-refractivity contribution in [1.29, 1.82) is 0 Å². The van der Waals surface area contributed by atoms with Crippen LogP contribution in [-0.4, -0.2) is 60.2 Å². The van der Waals surface area contributed by atoms with Crippen molar-refractivity contribution in [3.8, 4) is 22.8 Å². The van der Waals surface area contributed by atoms with Gasteiger partial charge in [0, 0.05) is 18.2 Å². The third-order valence-electron chi connectivity index (χ3n) is 4.75. The van der Waals surface area contributed by atoms with Crippen LogP contribution in [0.2, 0.25) is 0 Å². The molecule has 2 N–H and O–H groups in total. The van der Waals surface area contributed by atoms with Crippen molar-refractivity contribution in [3.63, 3.8) is 0 Å². The van der Waals surface area contributed by atoms with E-state index in [2.05, 4.69) is 10.3 Å². The molecule has 8 heteroatoms. The lowest BCUT2D eigenvalue weighted by molar-refractivity contribution is -0.141. The summed E-state index contributed by atoms with van der Waals surface area (Å²) < 4.78 is 10.6. The zero-order chi connectivity index (χ0) is 20.8. The molecule has 1 aromatic carbocycles. The van der Waals surface area contributed by atoms with Crippen LogP contribution in [0.25, 0.3) is 11.3 Å². The van der Waals surface area contributed by atoms with Crippen molar-refractivity contribution in [1.82, 2.24) is 9.88 Å². The molecule has 0 bridgehead atoms. The molecule has 8 nitrogen and oxygen atoms in total. The summed E-state index contributed by atoms with van der Waals surface area (Å²) in [6, 6.07) is 10.7. The van der Waals surface area contributed by atoms with Gasteiger partial charge in [0.05, 0.1) is 26.5 Å². The van der Waals surface area contributed by atoms with E-state index < -0.39 is 12.0 Å².